The summed E-state index contributed by atoms with van der Waals surface area (Å²) in [7, 11) is -4.99. The van der Waals surface area contributed by atoms with Crippen LogP contribution in [0.3, 0.4) is 0 Å². The molecular weight excluding hydrogens is 310 g/mol. The van der Waals surface area contributed by atoms with Crippen molar-refractivity contribution in [2.75, 3.05) is 6.54 Å². The summed E-state index contributed by atoms with van der Waals surface area (Å²) in [5, 5.41) is 0.197. The number of piperidine rings is 1. The van der Waals surface area contributed by atoms with Crippen LogP contribution in [-0.2, 0) is 19.5 Å². The van der Waals surface area contributed by atoms with Crippen LogP contribution in [-0.4, -0.2) is 59.5 Å². The van der Waals surface area contributed by atoms with Crippen molar-refractivity contribution in [1.82, 2.24) is 9.96 Å². The van der Waals surface area contributed by atoms with Crippen molar-refractivity contribution in [2.45, 2.75) is 24.9 Å². The Morgan fingerprint density at radius 2 is 1.76 bits per heavy atom. The molecular formula is C8H15N5O7S. The van der Waals surface area contributed by atoms with Crippen LogP contribution in [0.25, 0.3) is 0 Å². The first kappa shape index (κ1) is 16.9. The van der Waals surface area contributed by atoms with Crippen molar-refractivity contribution in [3.8, 4) is 0 Å². The standard InChI is InChI=1S/C8H15N5O7S/c9-6(14)5-2-1-4(3-12(5)7(10)15)13(8(11)16)20-21(17,18)19/h4-5H,1-3H2,(H2,9,14)(H2,10,15)(H2,11,16)(H,17,18,19)/t4-,5+/m1/s1. The molecule has 1 heterocycles. The minimum atomic E-state index is -4.99. The summed E-state index contributed by atoms with van der Waals surface area (Å²) < 4.78 is 34.0. The van der Waals surface area contributed by atoms with Crippen molar-refractivity contribution in [2.24, 2.45) is 17.2 Å². The molecule has 0 unspecified atom stereocenters. The van der Waals surface area contributed by atoms with Gasteiger partial charge in [-0.3, -0.25) is 9.35 Å². The first-order valence-corrected chi connectivity index (χ1v) is 7.00. The van der Waals surface area contributed by atoms with E-state index in [0.717, 1.165) is 4.90 Å². The first-order chi connectivity index (χ1) is 9.53. The highest BCUT2D eigenvalue weighted by molar-refractivity contribution is 7.80. The molecule has 21 heavy (non-hydrogen) atoms. The van der Waals surface area contributed by atoms with Gasteiger partial charge in [-0.1, -0.05) is 0 Å². The second kappa shape index (κ2) is 6.11. The van der Waals surface area contributed by atoms with Crippen LogP contribution in [0.1, 0.15) is 12.8 Å². The highest BCUT2D eigenvalue weighted by atomic mass is 32.3. The van der Waals surface area contributed by atoms with Gasteiger partial charge >= 0.3 is 22.5 Å². The molecule has 0 aromatic carbocycles. The molecule has 12 nitrogen and oxygen atoms in total. The molecule has 0 radical (unpaired) electrons. The highest BCUT2D eigenvalue weighted by Crippen LogP contribution is 2.22. The fourth-order valence-corrected chi connectivity index (χ4v) is 2.46. The number of amides is 5. The van der Waals surface area contributed by atoms with E-state index >= 15 is 0 Å². The maximum atomic E-state index is 11.3. The average molecular weight is 325 g/mol. The summed E-state index contributed by atoms with van der Waals surface area (Å²) in [5.41, 5.74) is 15.2. The number of hydroxylamine groups is 2. The van der Waals surface area contributed by atoms with Gasteiger partial charge in [0.2, 0.25) is 5.91 Å². The van der Waals surface area contributed by atoms with E-state index in [2.05, 4.69) is 4.28 Å². The Kier molecular flexibility index (Phi) is 4.93. The molecule has 1 rings (SSSR count). The highest BCUT2D eigenvalue weighted by Gasteiger charge is 2.39. The second-order valence-electron chi connectivity index (χ2n) is 4.31. The summed E-state index contributed by atoms with van der Waals surface area (Å²) in [6.07, 6.45) is 0.0669. The molecule has 7 N–H and O–H groups in total. The van der Waals surface area contributed by atoms with Gasteiger partial charge in [0.05, 0.1) is 6.04 Å². The molecule has 5 amide bonds. The molecule has 1 aliphatic heterocycles. The summed E-state index contributed by atoms with van der Waals surface area (Å²) >= 11 is 0. The second-order valence-corrected chi connectivity index (χ2v) is 5.31. The Hall–Kier alpha value is -2.12. The van der Waals surface area contributed by atoms with Crippen molar-refractivity contribution < 1.29 is 31.6 Å². The molecule has 0 aromatic heterocycles. The minimum absolute atomic E-state index is 0.0154. The Labute approximate surface area is 119 Å². The van der Waals surface area contributed by atoms with Crippen LogP contribution in [0.15, 0.2) is 0 Å². The number of likely N-dealkylation sites (tertiary alicyclic amines) is 1. The van der Waals surface area contributed by atoms with E-state index in [0.29, 0.717) is 0 Å². The third-order valence-corrected chi connectivity index (χ3v) is 3.24. The van der Waals surface area contributed by atoms with Crippen LogP contribution < -0.4 is 17.2 Å². The lowest BCUT2D eigenvalue weighted by Gasteiger charge is -2.39. The van der Waals surface area contributed by atoms with Gasteiger partial charge in [-0.05, 0) is 12.8 Å². The number of rotatable bonds is 4. The van der Waals surface area contributed by atoms with Crippen LogP contribution in [0.5, 0.6) is 0 Å². The maximum Gasteiger partial charge on any atom is 0.418 e. The zero-order chi connectivity index (χ0) is 16.4. The monoisotopic (exact) mass is 325 g/mol. The van der Waals surface area contributed by atoms with Crippen molar-refractivity contribution in [3.63, 3.8) is 0 Å². The third kappa shape index (κ3) is 4.44. The van der Waals surface area contributed by atoms with Gasteiger partial charge in [-0.25, -0.2) is 9.59 Å². The first-order valence-electron chi connectivity index (χ1n) is 5.64. The summed E-state index contributed by atoms with van der Waals surface area (Å²) in [4.78, 5) is 34.5. The van der Waals surface area contributed by atoms with E-state index in [1.54, 1.807) is 0 Å². The number of nitrogens with two attached hydrogens (primary N) is 3. The normalized spacial score (nSPS) is 22.6. The molecule has 120 valence electrons. The van der Waals surface area contributed by atoms with E-state index < -0.39 is 40.5 Å². The van der Waals surface area contributed by atoms with Crippen molar-refractivity contribution >= 4 is 28.4 Å². The number of nitrogens with zero attached hydrogens (tertiary/aromatic N) is 2. The molecule has 0 saturated carbocycles. The van der Waals surface area contributed by atoms with Crippen LogP contribution in [0, 0.1) is 0 Å². The fourth-order valence-electron chi connectivity index (χ4n) is 2.06. The zero-order valence-corrected chi connectivity index (χ0v) is 11.5. The fraction of sp³-hybridized carbons (Fsp3) is 0.625. The molecule has 1 aliphatic rings. The molecule has 0 bridgehead atoms. The maximum absolute atomic E-state index is 11.3. The van der Waals surface area contributed by atoms with E-state index in [-0.39, 0.29) is 24.4 Å². The van der Waals surface area contributed by atoms with Gasteiger partial charge in [-0.2, -0.15) is 13.5 Å². The van der Waals surface area contributed by atoms with E-state index in [1.165, 1.54) is 0 Å². The van der Waals surface area contributed by atoms with Crippen molar-refractivity contribution in [1.29, 1.82) is 0 Å². The van der Waals surface area contributed by atoms with Gasteiger partial charge in [0, 0.05) is 6.54 Å². The largest absolute Gasteiger partial charge is 0.418 e. The zero-order valence-electron chi connectivity index (χ0n) is 10.7. The number of urea groups is 2. The van der Waals surface area contributed by atoms with Gasteiger partial charge < -0.3 is 22.1 Å². The number of primary amides is 3. The summed E-state index contributed by atoms with van der Waals surface area (Å²) in [5.74, 6) is -0.798. The Bertz CT molecular complexity index is 549. The molecule has 0 spiro atoms. The van der Waals surface area contributed by atoms with Crippen molar-refractivity contribution in [3.05, 3.63) is 0 Å². The molecule has 0 aromatic rings. The van der Waals surface area contributed by atoms with Crippen LogP contribution in [0.2, 0.25) is 0 Å². The van der Waals surface area contributed by atoms with Gasteiger partial charge in [0.25, 0.3) is 0 Å². The summed E-state index contributed by atoms with van der Waals surface area (Å²) in [6.45, 7) is -0.332. The van der Waals surface area contributed by atoms with Gasteiger partial charge in [-0.15, -0.1) is 4.28 Å². The quantitative estimate of drug-likeness (QED) is 0.323. The smallest absolute Gasteiger partial charge is 0.368 e. The van der Waals surface area contributed by atoms with E-state index in [1.807, 2.05) is 0 Å². The van der Waals surface area contributed by atoms with Gasteiger partial charge in [0.1, 0.15) is 6.04 Å². The molecule has 1 saturated heterocycles. The lowest BCUT2D eigenvalue weighted by Crippen LogP contribution is -2.60. The molecule has 0 aliphatic carbocycles. The molecule has 2 atom stereocenters. The predicted molar refractivity (Wildman–Crippen MR) is 66.3 cm³/mol. The average Bonchev–Trinajstić information content (AvgIpc) is 2.33. The Morgan fingerprint density at radius 3 is 2.14 bits per heavy atom. The van der Waals surface area contributed by atoms with Gasteiger partial charge in [0.15, 0.2) is 0 Å². The van der Waals surface area contributed by atoms with Crippen LogP contribution in [0.4, 0.5) is 9.59 Å². The topological polar surface area (TPSA) is 199 Å². The lowest BCUT2D eigenvalue weighted by molar-refractivity contribution is -0.125. The predicted octanol–water partition coefficient (Wildman–Crippen LogP) is -2.50. The SMILES string of the molecule is NC(=O)[C@@H]1CC[C@@H](N(OS(=O)(=O)O)C(N)=O)CN1C(N)=O. The van der Waals surface area contributed by atoms with E-state index in [4.69, 9.17) is 21.8 Å². The molecule has 13 heteroatoms. The molecule has 1 fully saturated rings. The van der Waals surface area contributed by atoms with Crippen LogP contribution >= 0.6 is 0 Å². The Balaban J connectivity index is 2.96. The number of hydrogen-bond acceptors (Lipinski definition) is 6. The lowest BCUT2D eigenvalue weighted by atomic mass is 9.98. The Morgan fingerprint density at radius 1 is 1.19 bits per heavy atom. The number of hydrogen-bond donors (Lipinski definition) is 4. The minimum Gasteiger partial charge on any atom is -0.368 e. The number of carbonyl (C=O) groups excluding carboxylic acids is 3. The van der Waals surface area contributed by atoms with E-state index in [9.17, 15) is 22.8 Å². The summed E-state index contributed by atoms with van der Waals surface area (Å²) in [6, 6.07) is -4.30. The third-order valence-electron chi connectivity index (χ3n) is 2.89. The number of carbonyl (C=O) groups is 3.